The number of rotatable bonds is 7. The van der Waals surface area contributed by atoms with Crippen LogP contribution in [-0.4, -0.2) is 55.9 Å². The zero-order valence-electron chi connectivity index (χ0n) is 22.8. The molecule has 0 spiro atoms. The number of benzene rings is 1. The summed E-state index contributed by atoms with van der Waals surface area (Å²) in [4.78, 5) is 14.8. The molecule has 7 rings (SSSR count). The van der Waals surface area contributed by atoms with E-state index < -0.39 is 0 Å². The van der Waals surface area contributed by atoms with Crippen molar-refractivity contribution in [1.29, 1.82) is 0 Å². The van der Waals surface area contributed by atoms with Crippen molar-refractivity contribution in [2.75, 3.05) is 34.5 Å². The first-order valence-electron chi connectivity index (χ1n) is 15.1. The van der Waals surface area contributed by atoms with Gasteiger partial charge in [-0.3, -0.25) is 0 Å². The molecule has 10 nitrogen and oxygen atoms in total. The van der Waals surface area contributed by atoms with Crippen LogP contribution < -0.4 is 27.1 Å². The molecule has 1 aromatic carbocycles. The van der Waals surface area contributed by atoms with Gasteiger partial charge in [0, 0.05) is 31.2 Å². The van der Waals surface area contributed by atoms with E-state index in [9.17, 15) is 0 Å². The van der Waals surface area contributed by atoms with Crippen molar-refractivity contribution in [1.82, 2.24) is 24.5 Å². The number of nitrogens with zero attached hydrogens (tertiary/aromatic N) is 5. The lowest BCUT2D eigenvalue weighted by molar-refractivity contribution is 0.207. The fourth-order valence-corrected chi connectivity index (χ4v) is 6.98. The van der Waals surface area contributed by atoms with Gasteiger partial charge in [-0.05, 0) is 75.8 Å². The van der Waals surface area contributed by atoms with Gasteiger partial charge in [-0.1, -0.05) is 25.0 Å². The number of nitrogens with two attached hydrogens (primary N) is 1. The van der Waals surface area contributed by atoms with Crippen LogP contribution in [0.3, 0.4) is 0 Å². The van der Waals surface area contributed by atoms with Gasteiger partial charge in [-0.25, -0.2) is 9.99 Å². The number of imidazole rings is 1. The van der Waals surface area contributed by atoms with Crippen molar-refractivity contribution in [2.24, 2.45) is 11.7 Å². The van der Waals surface area contributed by atoms with Crippen LogP contribution >= 0.6 is 0 Å². The predicted molar refractivity (Wildman–Crippen MR) is 157 cm³/mol. The number of anilines is 4. The maximum Gasteiger partial charge on any atom is 0.227 e. The molecular weight excluding hydrogens is 488 g/mol. The summed E-state index contributed by atoms with van der Waals surface area (Å²) in [6.07, 6.45) is 14.9. The third-order valence-corrected chi connectivity index (χ3v) is 9.28. The SMILES string of the molecule is NC1CCC(Nc2nc(NN3CCC(CC4Nc5ccccc5N4)CC3)c3ncn(C4CCCC4)c3n2)CC1. The summed E-state index contributed by atoms with van der Waals surface area (Å²) in [6, 6.07) is 9.66. The second-order valence-corrected chi connectivity index (χ2v) is 12.1. The summed E-state index contributed by atoms with van der Waals surface area (Å²) in [7, 11) is 0. The number of hydrogen-bond donors (Lipinski definition) is 5. The highest BCUT2D eigenvalue weighted by Gasteiger charge is 2.28. The molecule has 4 heterocycles. The van der Waals surface area contributed by atoms with Crippen LogP contribution in [0.4, 0.5) is 23.1 Å². The molecule has 6 N–H and O–H groups in total. The fourth-order valence-electron chi connectivity index (χ4n) is 6.98. The summed E-state index contributed by atoms with van der Waals surface area (Å²) >= 11 is 0. The third kappa shape index (κ3) is 5.36. The lowest BCUT2D eigenvalue weighted by Gasteiger charge is -2.33. The summed E-state index contributed by atoms with van der Waals surface area (Å²) in [5.74, 6) is 2.21. The van der Waals surface area contributed by atoms with Gasteiger partial charge in [0.1, 0.15) is 0 Å². The molecule has 1 saturated heterocycles. The number of piperidine rings is 1. The molecule has 3 fully saturated rings. The molecule has 0 amide bonds. The highest BCUT2D eigenvalue weighted by Crippen LogP contribution is 2.35. The van der Waals surface area contributed by atoms with Crippen LogP contribution in [0.25, 0.3) is 11.2 Å². The Bertz CT molecular complexity index is 1240. The Balaban J connectivity index is 1.04. The maximum absolute atomic E-state index is 6.15. The summed E-state index contributed by atoms with van der Waals surface area (Å²) in [5, 5.41) is 13.2. The first-order valence-corrected chi connectivity index (χ1v) is 15.1. The summed E-state index contributed by atoms with van der Waals surface area (Å²) < 4.78 is 2.29. The van der Waals surface area contributed by atoms with Gasteiger partial charge < -0.3 is 31.7 Å². The first-order chi connectivity index (χ1) is 19.2. The van der Waals surface area contributed by atoms with Crippen LogP contribution in [0.5, 0.6) is 0 Å². The highest BCUT2D eigenvalue weighted by atomic mass is 15.5. The minimum Gasteiger partial charge on any atom is -0.364 e. The molecule has 3 aromatic rings. The summed E-state index contributed by atoms with van der Waals surface area (Å²) in [6.45, 7) is 1.98. The van der Waals surface area contributed by atoms with Crippen molar-refractivity contribution in [3.05, 3.63) is 30.6 Å². The molecule has 2 aliphatic heterocycles. The number of fused-ring (bicyclic) bond motifs is 2. The van der Waals surface area contributed by atoms with E-state index in [0.29, 0.717) is 36.2 Å². The normalized spacial score (nSPS) is 24.9. The van der Waals surface area contributed by atoms with Crippen LogP contribution in [0.15, 0.2) is 30.6 Å². The molecule has 0 bridgehead atoms. The Labute approximate surface area is 230 Å². The molecule has 0 atom stereocenters. The van der Waals surface area contributed by atoms with E-state index in [4.69, 9.17) is 20.7 Å². The quantitative estimate of drug-likeness (QED) is 0.290. The zero-order chi connectivity index (χ0) is 26.2. The molecule has 208 valence electrons. The smallest absolute Gasteiger partial charge is 0.227 e. The number of hydrogen-bond acceptors (Lipinski definition) is 9. The van der Waals surface area contributed by atoms with Crippen molar-refractivity contribution >= 4 is 34.3 Å². The van der Waals surface area contributed by atoms with E-state index in [1.807, 2.05) is 6.33 Å². The Morgan fingerprint density at radius 1 is 0.897 bits per heavy atom. The van der Waals surface area contributed by atoms with Crippen LogP contribution in [0.2, 0.25) is 0 Å². The molecule has 2 saturated carbocycles. The predicted octanol–water partition coefficient (Wildman–Crippen LogP) is 4.92. The minimum atomic E-state index is 0.316. The van der Waals surface area contributed by atoms with Gasteiger partial charge in [0.05, 0.1) is 23.9 Å². The average molecular weight is 531 g/mol. The second kappa shape index (κ2) is 10.8. The van der Waals surface area contributed by atoms with Crippen molar-refractivity contribution < 1.29 is 0 Å². The Kier molecular flexibility index (Phi) is 6.90. The summed E-state index contributed by atoms with van der Waals surface area (Å²) in [5.41, 5.74) is 14.1. The van der Waals surface area contributed by atoms with E-state index in [-0.39, 0.29) is 0 Å². The van der Waals surface area contributed by atoms with Gasteiger partial charge in [0.2, 0.25) is 5.95 Å². The number of hydrazine groups is 1. The molecule has 2 aliphatic carbocycles. The van der Waals surface area contributed by atoms with E-state index in [0.717, 1.165) is 75.0 Å². The van der Waals surface area contributed by atoms with E-state index in [1.54, 1.807) is 0 Å². The minimum absolute atomic E-state index is 0.316. The largest absolute Gasteiger partial charge is 0.364 e. The van der Waals surface area contributed by atoms with Crippen LogP contribution in [0.1, 0.15) is 76.7 Å². The first kappa shape index (κ1) is 24.9. The van der Waals surface area contributed by atoms with E-state index in [2.05, 4.69) is 55.2 Å². The van der Waals surface area contributed by atoms with Crippen molar-refractivity contribution in [3.8, 4) is 0 Å². The third-order valence-electron chi connectivity index (χ3n) is 9.28. The number of nitrogens with one attached hydrogen (secondary N) is 4. The monoisotopic (exact) mass is 530 g/mol. The second-order valence-electron chi connectivity index (χ2n) is 12.1. The highest BCUT2D eigenvalue weighted by molar-refractivity contribution is 5.84. The zero-order valence-corrected chi connectivity index (χ0v) is 22.8. The van der Waals surface area contributed by atoms with Crippen LogP contribution in [-0.2, 0) is 0 Å². The Hall–Kier alpha value is -3.11. The standard InChI is InChI=1S/C29H42N10/c30-20-9-11-21(12-10-20)32-29-35-27(26-28(36-29)39(18-31-26)22-5-1-2-6-22)37-38-15-13-19(14-16-38)17-25-33-23-7-3-4-8-24(23)34-25/h3-4,7-8,18-22,25,33-34H,1-2,5-6,9-17,30H2,(H2,32,35,36,37). The topological polar surface area (TPSA) is 121 Å². The van der Waals surface area contributed by atoms with Crippen molar-refractivity contribution in [3.63, 3.8) is 0 Å². The number of para-hydroxylation sites is 2. The van der Waals surface area contributed by atoms with Gasteiger partial charge >= 0.3 is 0 Å². The fraction of sp³-hybridized carbons (Fsp3) is 0.621. The Morgan fingerprint density at radius 2 is 1.62 bits per heavy atom. The molecule has 10 heteroatoms. The van der Waals surface area contributed by atoms with E-state index in [1.165, 1.54) is 37.1 Å². The maximum atomic E-state index is 6.15. The van der Waals surface area contributed by atoms with E-state index >= 15 is 0 Å². The molecular formula is C29H42N10. The van der Waals surface area contributed by atoms with Gasteiger partial charge in [0.25, 0.3) is 0 Å². The van der Waals surface area contributed by atoms with Crippen molar-refractivity contribution in [2.45, 2.75) is 94.9 Å². The molecule has 0 unspecified atom stereocenters. The average Bonchev–Trinajstić information content (AvgIpc) is 3.70. The lowest BCUT2D eigenvalue weighted by Crippen LogP contribution is -2.40. The molecule has 4 aliphatic rings. The molecule has 39 heavy (non-hydrogen) atoms. The van der Waals surface area contributed by atoms with Crippen LogP contribution in [0, 0.1) is 5.92 Å². The number of aromatic nitrogens is 4. The molecule has 0 radical (unpaired) electrons. The molecule has 2 aromatic heterocycles. The lowest BCUT2D eigenvalue weighted by atomic mass is 9.92. The Morgan fingerprint density at radius 3 is 2.33 bits per heavy atom. The van der Waals surface area contributed by atoms with Gasteiger partial charge in [-0.15, -0.1) is 0 Å². The van der Waals surface area contributed by atoms with Gasteiger partial charge in [0.15, 0.2) is 17.0 Å². The van der Waals surface area contributed by atoms with Gasteiger partial charge in [-0.2, -0.15) is 9.97 Å².